The van der Waals surface area contributed by atoms with E-state index in [-0.39, 0.29) is 11.1 Å². The second-order valence-corrected chi connectivity index (χ2v) is 7.31. The molecule has 1 N–H and O–H groups in total. The van der Waals surface area contributed by atoms with Gasteiger partial charge in [-0.25, -0.2) is 9.67 Å². The number of aromatic amines is 1. The number of fused-ring (bicyclic) bond motifs is 1. The van der Waals surface area contributed by atoms with Crippen molar-refractivity contribution in [2.45, 2.75) is 6.92 Å². The predicted molar refractivity (Wildman–Crippen MR) is 126 cm³/mol. The van der Waals surface area contributed by atoms with Crippen LogP contribution >= 0.6 is 0 Å². The molecular weight excluding hydrogens is 402 g/mol. The maximum absolute atomic E-state index is 13.3. The van der Waals surface area contributed by atoms with Crippen molar-refractivity contribution in [3.63, 3.8) is 0 Å². The molecule has 7 nitrogen and oxygen atoms in total. The summed E-state index contributed by atoms with van der Waals surface area (Å²) in [6, 6.07) is 25.8. The van der Waals surface area contributed by atoms with Gasteiger partial charge in [-0.3, -0.25) is 14.7 Å². The third-order valence-electron chi connectivity index (χ3n) is 5.22. The fourth-order valence-electron chi connectivity index (χ4n) is 3.59. The topological polar surface area (TPSA) is 85.0 Å². The number of aryl methyl sites for hydroxylation is 1. The molecule has 0 atom stereocenters. The highest BCUT2D eigenvalue weighted by Gasteiger charge is 2.14. The summed E-state index contributed by atoms with van der Waals surface area (Å²) in [6.45, 7) is 1.79. The Bertz CT molecular complexity index is 1560. The van der Waals surface area contributed by atoms with Gasteiger partial charge in [0.25, 0.3) is 11.1 Å². The second kappa shape index (κ2) is 7.96. The number of benzene rings is 3. The van der Waals surface area contributed by atoms with Crippen LogP contribution in [-0.2, 0) is 0 Å². The lowest BCUT2D eigenvalue weighted by Gasteiger charge is -2.09. The van der Waals surface area contributed by atoms with Gasteiger partial charge in [-0.2, -0.15) is 9.78 Å². The minimum Gasteiger partial charge on any atom is -0.295 e. The third-order valence-corrected chi connectivity index (χ3v) is 5.22. The van der Waals surface area contributed by atoms with Crippen molar-refractivity contribution in [3.8, 4) is 17.1 Å². The molecule has 32 heavy (non-hydrogen) atoms. The molecule has 0 aliphatic carbocycles. The Morgan fingerprint density at radius 2 is 1.50 bits per heavy atom. The molecule has 5 aromatic rings. The molecule has 2 aromatic heterocycles. The molecule has 0 saturated carbocycles. The molecule has 0 amide bonds. The van der Waals surface area contributed by atoms with Crippen molar-refractivity contribution in [2.75, 3.05) is 0 Å². The van der Waals surface area contributed by atoms with Crippen LogP contribution in [0.15, 0.2) is 99.6 Å². The quantitative estimate of drug-likeness (QED) is 0.449. The van der Waals surface area contributed by atoms with Crippen LogP contribution in [0.2, 0.25) is 0 Å². The number of rotatable bonds is 4. The van der Waals surface area contributed by atoms with E-state index in [0.29, 0.717) is 28.0 Å². The molecular formula is C25H19N5O2. The summed E-state index contributed by atoms with van der Waals surface area (Å²) in [5, 5.41) is 7.94. The SMILES string of the molecule is Cc1[nH]n(-c2ccccc2)c(=O)c1C=Nn1c(-c2ccccc2)nc2ccccc2c1=O. The van der Waals surface area contributed by atoms with E-state index in [1.54, 1.807) is 25.1 Å². The Morgan fingerprint density at radius 3 is 2.25 bits per heavy atom. The summed E-state index contributed by atoms with van der Waals surface area (Å²) >= 11 is 0. The van der Waals surface area contributed by atoms with E-state index in [1.165, 1.54) is 15.6 Å². The zero-order valence-electron chi connectivity index (χ0n) is 17.3. The molecule has 0 unspecified atom stereocenters. The van der Waals surface area contributed by atoms with E-state index in [9.17, 15) is 9.59 Å². The number of hydrogen-bond acceptors (Lipinski definition) is 4. The molecule has 0 radical (unpaired) electrons. The van der Waals surface area contributed by atoms with Crippen molar-refractivity contribution in [3.05, 3.63) is 117 Å². The standard InChI is InChI=1S/C25H19N5O2/c1-17-21(25(32)29(28-17)19-12-6-3-7-13-19)16-26-30-23(18-10-4-2-5-11-18)27-22-15-9-8-14-20(22)24(30)31/h2-16,28H,1H3. The van der Waals surface area contributed by atoms with Crippen LogP contribution in [-0.4, -0.2) is 25.7 Å². The highest BCUT2D eigenvalue weighted by molar-refractivity contribution is 5.82. The molecule has 3 aromatic carbocycles. The molecule has 0 fully saturated rings. The Morgan fingerprint density at radius 1 is 0.844 bits per heavy atom. The number of H-pyrrole nitrogens is 1. The number of nitrogens with one attached hydrogen (secondary N) is 1. The van der Waals surface area contributed by atoms with Crippen LogP contribution in [0, 0.1) is 6.92 Å². The first-order chi connectivity index (χ1) is 15.6. The van der Waals surface area contributed by atoms with Crippen molar-refractivity contribution in [2.24, 2.45) is 5.10 Å². The summed E-state index contributed by atoms with van der Waals surface area (Å²) in [7, 11) is 0. The molecule has 2 heterocycles. The van der Waals surface area contributed by atoms with Crippen LogP contribution in [0.1, 0.15) is 11.3 Å². The highest BCUT2D eigenvalue weighted by Crippen LogP contribution is 2.18. The molecule has 0 aliphatic rings. The van der Waals surface area contributed by atoms with Crippen LogP contribution in [0.5, 0.6) is 0 Å². The number of para-hydroxylation sites is 2. The zero-order valence-corrected chi connectivity index (χ0v) is 17.3. The normalized spacial score (nSPS) is 11.4. The minimum atomic E-state index is -0.303. The summed E-state index contributed by atoms with van der Waals surface area (Å²) in [5.41, 5.74) is 2.52. The maximum atomic E-state index is 13.3. The van der Waals surface area contributed by atoms with E-state index in [4.69, 9.17) is 0 Å². The molecule has 0 aliphatic heterocycles. The van der Waals surface area contributed by atoms with Crippen molar-refractivity contribution in [1.82, 2.24) is 19.4 Å². The first-order valence-corrected chi connectivity index (χ1v) is 10.1. The van der Waals surface area contributed by atoms with E-state index in [2.05, 4.69) is 15.2 Å². The highest BCUT2D eigenvalue weighted by atomic mass is 16.1. The first kappa shape index (κ1) is 19.4. The van der Waals surface area contributed by atoms with Gasteiger partial charge in [0.05, 0.1) is 28.4 Å². The summed E-state index contributed by atoms with van der Waals surface area (Å²) in [4.78, 5) is 30.9. The van der Waals surface area contributed by atoms with Gasteiger partial charge in [-0.15, -0.1) is 0 Å². The maximum Gasteiger partial charge on any atom is 0.282 e. The van der Waals surface area contributed by atoms with Gasteiger partial charge < -0.3 is 0 Å². The number of nitrogens with zero attached hydrogens (tertiary/aromatic N) is 4. The van der Waals surface area contributed by atoms with Crippen LogP contribution < -0.4 is 11.1 Å². The van der Waals surface area contributed by atoms with E-state index < -0.39 is 0 Å². The van der Waals surface area contributed by atoms with Crippen molar-refractivity contribution >= 4 is 17.1 Å². The average molecular weight is 421 g/mol. The molecule has 0 spiro atoms. The van der Waals surface area contributed by atoms with Gasteiger partial charge in [0.15, 0.2) is 5.82 Å². The molecule has 156 valence electrons. The first-order valence-electron chi connectivity index (χ1n) is 10.1. The van der Waals surface area contributed by atoms with Crippen molar-refractivity contribution in [1.29, 1.82) is 0 Å². The lowest BCUT2D eigenvalue weighted by molar-refractivity contribution is 0.829. The molecule has 0 bridgehead atoms. The third kappa shape index (κ3) is 3.35. The Balaban J connectivity index is 1.68. The lowest BCUT2D eigenvalue weighted by atomic mass is 10.2. The Labute approximate surface area is 182 Å². The van der Waals surface area contributed by atoms with Crippen LogP contribution in [0.4, 0.5) is 0 Å². The molecule has 5 rings (SSSR count). The zero-order chi connectivity index (χ0) is 22.1. The lowest BCUT2D eigenvalue weighted by Crippen LogP contribution is -2.21. The fraction of sp³-hybridized carbons (Fsp3) is 0.0400. The van der Waals surface area contributed by atoms with Crippen molar-refractivity contribution < 1.29 is 0 Å². The van der Waals surface area contributed by atoms with Gasteiger partial charge in [0.1, 0.15) is 0 Å². The Kier molecular flexibility index (Phi) is 4.84. The second-order valence-electron chi connectivity index (χ2n) is 7.31. The minimum absolute atomic E-state index is 0.250. The predicted octanol–water partition coefficient (Wildman–Crippen LogP) is 3.73. The molecule has 0 saturated heterocycles. The van der Waals surface area contributed by atoms with E-state index >= 15 is 0 Å². The number of hydrogen-bond donors (Lipinski definition) is 1. The summed E-state index contributed by atoms with van der Waals surface area (Å²) in [6.07, 6.45) is 1.41. The number of aromatic nitrogens is 4. The van der Waals surface area contributed by atoms with Gasteiger partial charge in [-0.1, -0.05) is 60.7 Å². The van der Waals surface area contributed by atoms with Gasteiger partial charge in [-0.05, 0) is 31.2 Å². The summed E-state index contributed by atoms with van der Waals surface area (Å²) in [5.74, 6) is 0.405. The monoisotopic (exact) mass is 421 g/mol. The fourth-order valence-corrected chi connectivity index (χ4v) is 3.59. The van der Waals surface area contributed by atoms with Gasteiger partial charge in [0, 0.05) is 11.3 Å². The van der Waals surface area contributed by atoms with E-state index in [1.807, 2.05) is 66.7 Å². The van der Waals surface area contributed by atoms with E-state index in [0.717, 1.165) is 11.3 Å². The smallest absolute Gasteiger partial charge is 0.282 e. The van der Waals surface area contributed by atoms with Gasteiger partial charge in [0.2, 0.25) is 0 Å². The summed E-state index contributed by atoms with van der Waals surface area (Å²) < 4.78 is 2.70. The average Bonchev–Trinajstić information content (AvgIpc) is 3.12. The molecule has 7 heteroatoms. The largest absolute Gasteiger partial charge is 0.295 e. The van der Waals surface area contributed by atoms with Gasteiger partial charge >= 0.3 is 0 Å². The Hall–Kier alpha value is -4.52. The van der Waals surface area contributed by atoms with Crippen LogP contribution in [0.3, 0.4) is 0 Å². The van der Waals surface area contributed by atoms with Crippen LogP contribution in [0.25, 0.3) is 28.0 Å².